The van der Waals surface area contributed by atoms with Crippen LogP contribution in [0.1, 0.15) is 11.1 Å². The molecule has 0 aliphatic rings. The summed E-state index contributed by atoms with van der Waals surface area (Å²) in [5, 5.41) is 1.28. The summed E-state index contributed by atoms with van der Waals surface area (Å²) in [5.74, 6) is 0.0364. The van der Waals surface area contributed by atoms with Crippen LogP contribution in [-0.2, 0) is 15.6 Å². The highest BCUT2D eigenvalue weighted by molar-refractivity contribution is 14.1. The highest BCUT2D eigenvalue weighted by Gasteiger charge is 2.06. The lowest BCUT2D eigenvalue weighted by atomic mass is 10.2. The first-order valence-corrected chi connectivity index (χ1v) is 8.55. The minimum Gasteiger partial charge on any atom is -0.224 e. The van der Waals surface area contributed by atoms with E-state index in [0.29, 0.717) is 0 Å². The molecule has 0 aliphatic heterocycles. The van der Waals surface area contributed by atoms with Crippen LogP contribution in [0.4, 0.5) is 0 Å². The van der Waals surface area contributed by atoms with E-state index >= 15 is 0 Å². The molecule has 2 rings (SSSR count). The minimum absolute atomic E-state index is 0.0364. The van der Waals surface area contributed by atoms with Crippen LogP contribution in [-0.4, -0.2) is 8.42 Å². The van der Waals surface area contributed by atoms with Gasteiger partial charge in [-0.25, -0.2) is 8.42 Å². The Labute approximate surface area is 127 Å². The minimum atomic E-state index is -3.23. The van der Waals surface area contributed by atoms with Crippen LogP contribution in [0.3, 0.4) is 0 Å². The molecule has 98 valence electrons. The van der Waals surface area contributed by atoms with Crippen molar-refractivity contribution in [1.29, 1.82) is 0 Å². The zero-order valence-corrected chi connectivity index (χ0v) is 13.1. The molecule has 0 N–H and O–H groups in total. The van der Waals surface area contributed by atoms with E-state index in [-0.39, 0.29) is 5.75 Å². The number of sulfone groups is 1. The predicted molar refractivity (Wildman–Crippen MR) is 87.3 cm³/mol. The van der Waals surface area contributed by atoms with E-state index in [1.165, 1.54) is 5.41 Å². The van der Waals surface area contributed by atoms with Crippen LogP contribution in [0.25, 0.3) is 6.08 Å². The van der Waals surface area contributed by atoms with Crippen LogP contribution < -0.4 is 0 Å². The van der Waals surface area contributed by atoms with Crippen molar-refractivity contribution in [1.82, 2.24) is 0 Å². The van der Waals surface area contributed by atoms with Gasteiger partial charge in [0, 0.05) is 8.98 Å². The second kappa shape index (κ2) is 6.34. The molecular weight excluding hydrogens is 371 g/mol. The summed E-state index contributed by atoms with van der Waals surface area (Å²) in [6.07, 6.45) is 1.63. The summed E-state index contributed by atoms with van der Waals surface area (Å²) < 4.78 is 25.0. The average Bonchev–Trinajstić information content (AvgIpc) is 2.39. The molecule has 0 aromatic heterocycles. The van der Waals surface area contributed by atoms with Crippen molar-refractivity contribution in [3.05, 3.63) is 74.7 Å². The van der Waals surface area contributed by atoms with Gasteiger partial charge in [-0.3, -0.25) is 0 Å². The van der Waals surface area contributed by atoms with Crippen molar-refractivity contribution in [2.75, 3.05) is 0 Å². The zero-order valence-electron chi connectivity index (χ0n) is 10.2. The molecule has 0 atom stereocenters. The standard InChI is InChI=1S/C15H13IO2S/c16-15-8-6-13(7-9-15)10-11-19(17,18)12-14-4-2-1-3-5-14/h1-11H,12H2. The van der Waals surface area contributed by atoms with Crippen LogP contribution >= 0.6 is 22.6 Å². The molecule has 0 saturated carbocycles. The molecule has 0 aliphatic carbocycles. The Hall–Kier alpha value is -1.14. The predicted octanol–water partition coefficient (Wildman–Crippen LogP) is 3.88. The van der Waals surface area contributed by atoms with Crippen molar-refractivity contribution in [2.24, 2.45) is 0 Å². The summed E-state index contributed by atoms with van der Waals surface area (Å²) in [6, 6.07) is 16.9. The second-order valence-corrected chi connectivity index (χ2v) is 7.28. The van der Waals surface area contributed by atoms with Gasteiger partial charge in [0.2, 0.25) is 0 Å². The Morgan fingerprint density at radius 3 is 2.21 bits per heavy atom. The van der Waals surface area contributed by atoms with Crippen molar-refractivity contribution < 1.29 is 8.42 Å². The largest absolute Gasteiger partial charge is 0.224 e. The molecule has 0 radical (unpaired) electrons. The summed E-state index contributed by atoms with van der Waals surface area (Å²) in [7, 11) is -3.23. The average molecular weight is 384 g/mol. The third-order valence-corrected chi connectivity index (χ3v) is 4.55. The number of halogens is 1. The Morgan fingerprint density at radius 2 is 1.58 bits per heavy atom. The molecule has 0 spiro atoms. The van der Waals surface area contributed by atoms with E-state index in [9.17, 15) is 8.42 Å². The van der Waals surface area contributed by atoms with Crippen molar-refractivity contribution in [3.8, 4) is 0 Å². The fourth-order valence-electron chi connectivity index (χ4n) is 1.61. The first-order chi connectivity index (χ1) is 9.05. The highest BCUT2D eigenvalue weighted by atomic mass is 127. The lowest BCUT2D eigenvalue weighted by molar-refractivity contribution is 0.604. The number of hydrogen-bond donors (Lipinski definition) is 0. The van der Waals surface area contributed by atoms with Crippen molar-refractivity contribution in [3.63, 3.8) is 0 Å². The molecule has 0 saturated heterocycles. The summed E-state index contributed by atoms with van der Waals surface area (Å²) in [4.78, 5) is 0. The molecule has 2 aromatic carbocycles. The maximum Gasteiger partial charge on any atom is 0.175 e. The molecular formula is C15H13IO2S. The molecule has 19 heavy (non-hydrogen) atoms. The maximum atomic E-state index is 12.0. The summed E-state index contributed by atoms with van der Waals surface area (Å²) in [6.45, 7) is 0. The van der Waals surface area contributed by atoms with Gasteiger partial charge >= 0.3 is 0 Å². The molecule has 0 fully saturated rings. The molecule has 0 unspecified atom stereocenters. The van der Waals surface area contributed by atoms with Crippen molar-refractivity contribution >= 4 is 38.5 Å². The Balaban J connectivity index is 2.11. The van der Waals surface area contributed by atoms with Gasteiger partial charge in [0.25, 0.3) is 0 Å². The fraction of sp³-hybridized carbons (Fsp3) is 0.0667. The SMILES string of the molecule is O=S(=O)(C=Cc1ccc(I)cc1)Cc1ccccc1. The Kier molecular flexibility index (Phi) is 4.76. The van der Waals surface area contributed by atoms with Gasteiger partial charge in [-0.2, -0.15) is 0 Å². The first kappa shape index (κ1) is 14.3. The number of benzene rings is 2. The van der Waals surface area contributed by atoms with E-state index in [1.54, 1.807) is 6.08 Å². The molecule has 0 heterocycles. The van der Waals surface area contributed by atoms with E-state index in [1.807, 2.05) is 54.6 Å². The maximum absolute atomic E-state index is 12.0. The molecule has 2 nitrogen and oxygen atoms in total. The van der Waals surface area contributed by atoms with E-state index < -0.39 is 9.84 Å². The second-order valence-electron chi connectivity index (χ2n) is 4.15. The van der Waals surface area contributed by atoms with Crippen LogP contribution in [0.5, 0.6) is 0 Å². The number of rotatable bonds is 4. The van der Waals surface area contributed by atoms with Gasteiger partial charge in [0.05, 0.1) is 5.75 Å². The van der Waals surface area contributed by atoms with Gasteiger partial charge in [-0.1, -0.05) is 42.5 Å². The third-order valence-electron chi connectivity index (χ3n) is 2.55. The van der Waals surface area contributed by atoms with E-state index in [2.05, 4.69) is 22.6 Å². The van der Waals surface area contributed by atoms with Gasteiger partial charge in [-0.15, -0.1) is 0 Å². The Morgan fingerprint density at radius 1 is 0.947 bits per heavy atom. The lowest BCUT2D eigenvalue weighted by Gasteiger charge is -1.99. The van der Waals surface area contributed by atoms with Gasteiger partial charge < -0.3 is 0 Å². The third kappa shape index (κ3) is 4.80. The molecule has 0 amide bonds. The van der Waals surface area contributed by atoms with Gasteiger partial charge in [0.15, 0.2) is 9.84 Å². The Bertz CT molecular complexity index is 659. The number of hydrogen-bond acceptors (Lipinski definition) is 2. The molecule has 0 bridgehead atoms. The van der Waals surface area contributed by atoms with Gasteiger partial charge in [-0.05, 0) is 51.9 Å². The van der Waals surface area contributed by atoms with Crippen LogP contribution in [0.15, 0.2) is 60.0 Å². The van der Waals surface area contributed by atoms with Crippen LogP contribution in [0, 0.1) is 3.57 Å². The van der Waals surface area contributed by atoms with Crippen molar-refractivity contribution in [2.45, 2.75) is 5.75 Å². The zero-order chi connectivity index (χ0) is 13.7. The molecule has 2 aromatic rings. The van der Waals surface area contributed by atoms with E-state index in [4.69, 9.17) is 0 Å². The van der Waals surface area contributed by atoms with Gasteiger partial charge in [0.1, 0.15) is 0 Å². The monoisotopic (exact) mass is 384 g/mol. The van der Waals surface area contributed by atoms with E-state index in [0.717, 1.165) is 14.7 Å². The lowest BCUT2D eigenvalue weighted by Crippen LogP contribution is -1.99. The fourth-order valence-corrected chi connectivity index (χ4v) is 3.09. The normalized spacial score (nSPS) is 11.8. The highest BCUT2D eigenvalue weighted by Crippen LogP contribution is 2.11. The summed E-state index contributed by atoms with van der Waals surface area (Å²) >= 11 is 2.21. The quantitative estimate of drug-likeness (QED) is 0.750. The first-order valence-electron chi connectivity index (χ1n) is 5.75. The smallest absolute Gasteiger partial charge is 0.175 e. The summed E-state index contributed by atoms with van der Waals surface area (Å²) in [5.41, 5.74) is 1.69. The molecule has 4 heteroatoms. The topological polar surface area (TPSA) is 34.1 Å². The van der Waals surface area contributed by atoms with Crippen LogP contribution in [0.2, 0.25) is 0 Å².